The zero-order chi connectivity index (χ0) is 11.8. The molecule has 4 atom stereocenters. The second kappa shape index (κ2) is 4.25. The molecule has 0 saturated heterocycles. The van der Waals surface area contributed by atoms with Gasteiger partial charge >= 0.3 is 0 Å². The average molecular weight is 222 g/mol. The first-order valence-corrected chi connectivity index (χ1v) is 6.27. The molecule has 0 radical (unpaired) electrons. The number of rotatable bonds is 2. The lowest BCUT2D eigenvalue weighted by Gasteiger charge is -2.40. The molecule has 2 nitrogen and oxygen atoms in total. The lowest BCUT2D eigenvalue weighted by Crippen LogP contribution is -2.36. The first-order chi connectivity index (χ1) is 7.51. The minimum Gasteiger partial charge on any atom is -0.472 e. The van der Waals surface area contributed by atoms with Crippen molar-refractivity contribution in [2.24, 2.45) is 17.8 Å². The molecule has 0 aliphatic heterocycles. The van der Waals surface area contributed by atoms with Gasteiger partial charge in [0.1, 0.15) is 0 Å². The van der Waals surface area contributed by atoms with E-state index in [2.05, 4.69) is 13.8 Å². The molecule has 0 amide bonds. The van der Waals surface area contributed by atoms with E-state index in [1.165, 1.54) is 6.42 Å². The molecule has 2 heteroatoms. The zero-order valence-electron chi connectivity index (χ0n) is 10.4. The highest BCUT2D eigenvalue weighted by atomic mass is 16.3. The third-order valence-corrected chi connectivity index (χ3v) is 4.50. The van der Waals surface area contributed by atoms with Crippen molar-refractivity contribution in [2.75, 3.05) is 0 Å². The van der Waals surface area contributed by atoms with Crippen LogP contribution in [0.15, 0.2) is 23.0 Å². The molecule has 1 aliphatic rings. The van der Waals surface area contributed by atoms with Crippen LogP contribution in [0.25, 0.3) is 0 Å². The smallest absolute Gasteiger partial charge is 0.0963 e. The van der Waals surface area contributed by atoms with Crippen LogP contribution in [0.2, 0.25) is 0 Å². The number of hydrogen-bond acceptors (Lipinski definition) is 2. The van der Waals surface area contributed by atoms with Crippen LogP contribution in [0, 0.1) is 17.8 Å². The van der Waals surface area contributed by atoms with E-state index < -0.39 is 5.60 Å². The van der Waals surface area contributed by atoms with Crippen molar-refractivity contribution in [1.29, 1.82) is 0 Å². The number of aliphatic hydroxyl groups is 1. The van der Waals surface area contributed by atoms with Crippen LogP contribution < -0.4 is 0 Å². The van der Waals surface area contributed by atoms with Gasteiger partial charge in [-0.2, -0.15) is 0 Å². The van der Waals surface area contributed by atoms with E-state index in [1.54, 1.807) is 12.5 Å². The predicted octanol–water partition coefficient (Wildman–Crippen LogP) is 3.56. The molecule has 1 aromatic rings. The maximum absolute atomic E-state index is 10.6. The summed E-state index contributed by atoms with van der Waals surface area (Å²) in [5.41, 5.74) is 0.181. The third-order valence-electron chi connectivity index (χ3n) is 4.50. The molecule has 0 aromatic carbocycles. The molecular weight excluding hydrogens is 200 g/mol. The molecular formula is C14H22O2. The highest BCUT2D eigenvalue weighted by Crippen LogP contribution is 2.43. The standard InChI is InChI=1S/C14H22O2/c1-10-4-5-12(8-11(10)2)14(3,15)13-6-7-16-9-13/h6-7,9-12,15H,4-5,8H2,1-3H3. The van der Waals surface area contributed by atoms with Gasteiger partial charge in [-0.1, -0.05) is 20.3 Å². The zero-order valence-corrected chi connectivity index (χ0v) is 10.4. The first-order valence-electron chi connectivity index (χ1n) is 6.27. The summed E-state index contributed by atoms with van der Waals surface area (Å²) in [5.74, 6) is 1.85. The van der Waals surface area contributed by atoms with Gasteiger partial charge in [0.05, 0.1) is 18.1 Å². The summed E-state index contributed by atoms with van der Waals surface area (Å²) in [5, 5.41) is 10.6. The van der Waals surface area contributed by atoms with Gasteiger partial charge in [-0.25, -0.2) is 0 Å². The van der Waals surface area contributed by atoms with E-state index in [-0.39, 0.29) is 0 Å². The Balaban J connectivity index is 2.13. The van der Waals surface area contributed by atoms with Gasteiger partial charge < -0.3 is 9.52 Å². The highest BCUT2D eigenvalue weighted by molar-refractivity contribution is 5.16. The molecule has 90 valence electrons. The summed E-state index contributed by atoms with van der Waals surface area (Å²) in [6.45, 7) is 6.53. The molecule has 1 aliphatic carbocycles. The van der Waals surface area contributed by atoms with E-state index in [9.17, 15) is 5.11 Å². The fraction of sp³-hybridized carbons (Fsp3) is 0.714. The molecule has 2 rings (SSSR count). The van der Waals surface area contributed by atoms with Gasteiger partial charge in [0.2, 0.25) is 0 Å². The summed E-state index contributed by atoms with van der Waals surface area (Å²) >= 11 is 0. The second-order valence-corrected chi connectivity index (χ2v) is 5.62. The van der Waals surface area contributed by atoms with Crippen molar-refractivity contribution in [2.45, 2.75) is 45.6 Å². The van der Waals surface area contributed by atoms with Crippen LogP contribution in [0.4, 0.5) is 0 Å². The minimum absolute atomic E-state index is 0.358. The molecule has 1 heterocycles. The maximum atomic E-state index is 10.6. The number of hydrogen-bond donors (Lipinski definition) is 1. The minimum atomic E-state index is -0.735. The Kier molecular flexibility index (Phi) is 3.11. The molecule has 1 saturated carbocycles. The van der Waals surface area contributed by atoms with Crippen molar-refractivity contribution in [3.05, 3.63) is 24.2 Å². The van der Waals surface area contributed by atoms with Crippen molar-refractivity contribution >= 4 is 0 Å². The Hall–Kier alpha value is -0.760. The summed E-state index contributed by atoms with van der Waals surface area (Å²) in [7, 11) is 0. The van der Waals surface area contributed by atoms with Gasteiger partial charge in [-0.05, 0) is 43.6 Å². The Morgan fingerprint density at radius 3 is 2.62 bits per heavy atom. The van der Waals surface area contributed by atoms with Crippen molar-refractivity contribution in [1.82, 2.24) is 0 Å². The molecule has 0 spiro atoms. The first kappa shape index (κ1) is 11.7. The van der Waals surface area contributed by atoms with E-state index >= 15 is 0 Å². The molecule has 4 unspecified atom stereocenters. The fourth-order valence-electron chi connectivity index (χ4n) is 2.85. The van der Waals surface area contributed by atoms with Gasteiger partial charge in [0, 0.05) is 5.56 Å². The lowest BCUT2D eigenvalue weighted by molar-refractivity contribution is -0.0374. The van der Waals surface area contributed by atoms with E-state index in [0.717, 1.165) is 24.3 Å². The summed E-state index contributed by atoms with van der Waals surface area (Å²) in [4.78, 5) is 0. The number of furan rings is 1. The van der Waals surface area contributed by atoms with Crippen molar-refractivity contribution in [3.63, 3.8) is 0 Å². The van der Waals surface area contributed by atoms with Gasteiger partial charge in [0.15, 0.2) is 0 Å². The van der Waals surface area contributed by atoms with Crippen LogP contribution in [0.1, 0.15) is 45.6 Å². The molecule has 1 N–H and O–H groups in total. The highest BCUT2D eigenvalue weighted by Gasteiger charge is 2.38. The molecule has 16 heavy (non-hydrogen) atoms. The van der Waals surface area contributed by atoms with Crippen molar-refractivity contribution < 1.29 is 9.52 Å². The quantitative estimate of drug-likeness (QED) is 0.830. The Labute approximate surface area is 97.7 Å². The summed E-state index contributed by atoms with van der Waals surface area (Å²) in [6.07, 6.45) is 6.75. The van der Waals surface area contributed by atoms with Crippen LogP contribution in [0.3, 0.4) is 0 Å². The second-order valence-electron chi connectivity index (χ2n) is 5.62. The summed E-state index contributed by atoms with van der Waals surface area (Å²) in [6, 6.07) is 1.88. The Morgan fingerprint density at radius 2 is 2.06 bits per heavy atom. The van der Waals surface area contributed by atoms with Crippen LogP contribution in [-0.2, 0) is 5.60 Å². The van der Waals surface area contributed by atoms with Crippen LogP contribution in [-0.4, -0.2) is 5.11 Å². The Bertz CT molecular complexity index is 327. The van der Waals surface area contributed by atoms with Gasteiger partial charge in [0.25, 0.3) is 0 Å². The van der Waals surface area contributed by atoms with Gasteiger partial charge in [-0.15, -0.1) is 0 Å². The monoisotopic (exact) mass is 222 g/mol. The average Bonchev–Trinajstić information content (AvgIpc) is 2.75. The molecule has 1 aromatic heterocycles. The topological polar surface area (TPSA) is 33.4 Å². The largest absolute Gasteiger partial charge is 0.472 e. The normalized spacial score (nSPS) is 34.6. The fourth-order valence-corrected chi connectivity index (χ4v) is 2.85. The van der Waals surface area contributed by atoms with Crippen LogP contribution >= 0.6 is 0 Å². The SMILES string of the molecule is CC1CCC(C(C)(O)c2ccoc2)CC1C. The van der Waals surface area contributed by atoms with Crippen molar-refractivity contribution in [3.8, 4) is 0 Å². The summed E-state index contributed by atoms with van der Waals surface area (Å²) < 4.78 is 5.08. The molecule has 1 fully saturated rings. The lowest BCUT2D eigenvalue weighted by atomic mass is 9.68. The Morgan fingerprint density at radius 1 is 1.31 bits per heavy atom. The van der Waals surface area contributed by atoms with E-state index in [0.29, 0.717) is 11.8 Å². The van der Waals surface area contributed by atoms with Gasteiger partial charge in [-0.3, -0.25) is 0 Å². The maximum Gasteiger partial charge on any atom is 0.0963 e. The molecule has 0 bridgehead atoms. The van der Waals surface area contributed by atoms with E-state index in [1.807, 2.05) is 13.0 Å². The predicted molar refractivity (Wildman–Crippen MR) is 63.9 cm³/mol. The van der Waals surface area contributed by atoms with E-state index in [4.69, 9.17) is 4.42 Å². The third kappa shape index (κ3) is 2.03. The van der Waals surface area contributed by atoms with Crippen LogP contribution in [0.5, 0.6) is 0 Å².